The van der Waals surface area contributed by atoms with E-state index in [9.17, 15) is 9.50 Å². The van der Waals surface area contributed by atoms with Gasteiger partial charge in [0.2, 0.25) is 0 Å². The van der Waals surface area contributed by atoms with E-state index in [0.717, 1.165) is 24.9 Å². The molecule has 3 nitrogen and oxygen atoms in total. The molecule has 0 amide bonds. The van der Waals surface area contributed by atoms with E-state index < -0.39 is 5.60 Å². The minimum Gasteiger partial charge on any atom is -0.389 e. The fraction of sp³-hybridized carbons (Fsp3) is 0.533. The maximum Gasteiger partial charge on any atom is 0.124 e. The number of nitriles is 1. The molecule has 19 heavy (non-hydrogen) atoms. The summed E-state index contributed by atoms with van der Waals surface area (Å²) in [6.07, 6.45) is 1.99. The van der Waals surface area contributed by atoms with Crippen molar-refractivity contribution in [1.29, 1.82) is 5.26 Å². The predicted octanol–water partition coefficient (Wildman–Crippen LogP) is 2.43. The number of likely N-dealkylation sites (tertiary alicyclic amines) is 1. The molecule has 1 atom stereocenters. The lowest BCUT2D eigenvalue weighted by Crippen LogP contribution is -2.45. The monoisotopic (exact) mass is 262 g/mol. The number of halogens is 1. The van der Waals surface area contributed by atoms with E-state index in [4.69, 9.17) is 5.26 Å². The number of hydrogen-bond acceptors (Lipinski definition) is 3. The molecular weight excluding hydrogens is 243 g/mol. The van der Waals surface area contributed by atoms with E-state index in [1.165, 1.54) is 12.1 Å². The van der Waals surface area contributed by atoms with Gasteiger partial charge in [-0.1, -0.05) is 6.07 Å². The molecule has 1 aromatic rings. The summed E-state index contributed by atoms with van der Waals surface area (Å²) in [7, 11) is 0. The number of rotatable bonds is 3. The molecule has 1 aliphatic heterocycles. The summed E-state index contributed by atoms with van der Waals surface area (Å²) < 4.78 is 13.1. The summed E-state index contributed by atoms with van der Waals surface area (Å²) in [5.74, 6) is -0.388. The summed E-state index contributed by atoms with van der Waals surface area (Å²) in [6, 6.07) is 6.43. The normalized spacial score (nSPS) is 20.5. The molecule has 0 spiro atoms. The third kappa shape index (κ3) is 3.12. The molecule has 4 heteroatoms. The molecule has 0 radical (unpaired) electrons. The second-order valence-electron chi connectivity index (χ2n) is 5.70. The van der Waals surface area contributed by atoms with E-state index in [-0.39, 0.29) is 11.9 Å². The van der Waals surface area contributed by atoms with E-state index in [1.807, 2.05) is 19.9 Å². The molecule has 1 saturated heterocycles. The smallest absolute Gasteiger partial charge is 0.124 e. The molecule has 1 N–H and O–H groups in total. The molecule has 1 unspecified atom stereocenters. The van der Waals surface area contributed by atoms with Crippen LogP contribution in [-0.4, -0.2) is 28.2 Å². The van der Waals surface area contributed by atoms with Crippen molar-refractivity contribution < 1.29 is 9.50 Å². The highest BCUT2D eigenvalue weighted by molar-refractivity contribution is 5.38. The van der Waals surface area contributed by atoms with Crippen LogP contribution in [0.2, 0.25) is 0 Å². The summed E-state index contributed by atoms with van der Waals surface area (Å²) in [4.78, 5) is 2.17. The van der Waals surface area contributed by atoms with Crippen molar-refractivity contribution in [3.05, 3.63) is 35.1 Å². The third-order valence-corrected chi connectivity index (χ3v) is 3.74. The highest BCUT2D eigenvalue weighted by atomic mass is 19.1. The summed E-state index contributed by atoms with van der Waals surface area (Å²) in [5, 5.41) is 19.2. The zero-order valence-electron chi connectivity index (χ0n) is 11.4. The second kappa shape index (κ2) is 5.28. The van der Waals surface area contributed by atoms with Gasteiger partial charge in [0, 0.05) is 12.6 Å². The van der Waals surface area contributed by atoms with Crippen LogP contribution in [0.1, 0.15) is 37.8 Å². The Morgan fingerprint density at radius 1 is 1.53 bits per heavy atom. The van der Waals surface area contributed by atoms with Gasteiger partial charge in [-0.15, -0.1) is 0 Å². The van der Waals surface area contributed by atoms with Crippen molar-refractivity contribution >= 4 is 0 Å². The molecule has 0 aliphatic carbocycles. The van der Waals surface area contributed by atoms with Gasteiger partial charge >= 0.3 is 0 Å². The van der Waals surface area contributed by atoms with Crippen LogP contribution in [0.3, 0.4) is 0 Å². The Labute approximate surface area is 113 Å². The molecule has 1 fully saturated rings. The van der Waals surface area contributed by atoms with Crippen molar-refractivity contribution in [2.75, 3.05) is 6.54 Å². The second-order valence-corrected chi connectivity index (χ2v) is 5.70. The van der Waals surface area contributed by atoms with Crippen LogP contribution in [-0.2, 0) is 6.54 Å². The first-order valence-corrected chi connectivity index (χ1v) is 6.57. The summed E-state index contributed by atoms with van der Waals surface area (Å²) in [5.41, 5.74) is 0.435. The largest absolute Gasteiger partial charge is 0.389 e. The molecule has 2 rings (SSSR count). The SMILES string of the molecule is CC(C)(O)C1CCCN1Cc1ccc(F)cc1C#N. The summed E-state index contributed by atoms with van der Waals surface area (Å²) in [6.45, 7) is 5.10. The molecule has 0 bridgehead atoms. The van der Waals surface area contributed by atoms with Crippen LogP contribution in [0.25, 0.3) is 0 Å². The van der Waals surface area contributed by atoms with Gasteiger partial charge in [-0.25, -0.2) is 4.39 Å². The first-order chi connectivity index (χ1) is 8.91. The lowest BCUT2D eigenvalue weighted by Gasteiger charge is -2.34. The Kier molecular flexibility index (Phi) is 3.88. The van der Waals surface area contributed by atoms with Gasteiger partial charge in [-0.2, -0.15) is 5.26 Å². The van der Waals surface area contributed by atoms with Crippen LogP contribution < -0.4 is 0 Å². The lowest BCUT2D eigenvalue weighted by molar-refractivity contribution is -0.00504. The average Bonchev–Trinajstić information content (AvgIpc) is 2.79. The lowest BCUT2D eigenvalue weighted by atomic mass is 9.96. The van der Waals surface area contributed by atoms with Gasteiger partial charge in [-0.3, -0.25) is 4.90 Å². The minimum absolute atomic E-state index is 0.0871. The van der Waals surface area contributed by atoms with Crippen molar-refractivity contribution in [3.8, 4) is 6.07 Å². The summed E-state index contributed by atoms with van der Waals surface area (Å²) >= 11 is 0. The van der Waals surface area contributed by atoms with E-state index in [1.54, 1.807) is 6.07 Å². The quantitative estimate of drug-likeness (QED) is 0.910. The first-order valence-electron chi connectivity index (χ1n) is 6.57. The van der Waals surface area contributed by atoms with Crippen LogP contribution in [0.15, 0.2) is 18.2 Å². The highest BCUT2D eigenvalue weighted by Crippen LogP contribution is 2.28. The first kappa shape index (κ1) is 14.0. The van der Waals surface area contributed by atoms with E-state index in [2.05, 4.69) is 4.90 Å². The Bertz CT molecular complexity index is 502. The van der Waals surface area contributed by atoms with Crippen LogP contribution in [0.4, 0.5) is 4.39 Å². The topological polar surface area (TPSA) is 47.3 Å². The molecule has 0 aromatic heterocycles. The third-order valence-electron chi connectivity index (χ3n) is 3.74. The molecular formula is C15H19FN2O. The van der Waals surface area contributed by atoms with Gasteiger partial charge in [0.15, 0.2) is 0 Å². The molecule has 0 saturated carbocycles. The molecule has 1 heterocycles. The van der Waals surface area contributed by atoms with Gasteiger partial charge in [0.05, 0.1) is 17.2 Å². The Balaban J connectivity index is 2.20. The van der Waals surface area contributed by atoms with Crippen molar-refractivity contribution in [2.24, 2.45) is 0 Å². The number of aliphatic hydroxyl groups is 1. The Morgan fingerprint density at radius 3 is 2.89 bits per heavy atom. The van der Waals surface area contributed by atoms with E-state index >= 15 is 0 Å². The molecule has 1 aromatic carbocycles. The Hall–Kier alpha value is -1.44. The van der Waals surface area contributed by atoms with Gasteiger partial charge in [0.25, 0.3) is 0 Å². The van der Waals surface area contributed by atoms with Crippen molar-refractivity contribution in [1.82, 2.24) is 4.90 Å². The van der Waals surface area contributed by atoms with Gasteiger partial charge in [0.1, 0.15) is 5.82 Å². The minimum atomic E-state index is -0.761. The van der Waals surface area contributed by atoms with Gasteiger partial charge in [-0.05, 0) is 50.9 Å². The number of hydrogen-bond donors (Lipinski definition) is 1. The van der Waals surface area contributed by atoms with Crippen LogP contribution >= 0.6 is 0 Å². The predicted molar refractivity (Wildman–Crippen MR) is 70.8 cm³/mol. The fourth-order valence-electron chi connectivity index (χ4n) is 2.82. The zero-order valence-corrected chi connectivity index (χ0v) is 11.4. The maximum atomic E-state index is 13.1. The zero-order chi connectivity index (χ0) is 14.0. The van der Waals surface area contributed by atoms with Crippen molar-refractivity contribution in [3.63, 3.8) is 0 Å². The van der Waals surface area contributed by atoms with Crippen molar-refractivity contribution in [2.45, 2.75) is 44.9 Å². The van der Waals surface area contributed by atoms with Crippen LogP contribution in [0.5, 0.6) is 0 Å². The van der Waals surface area contributed by atoms with E-state index in [0.29, 0.717) is 12.1 Å². The fourth-order valence-corrected chi connectivity index (χ4v) is 2.82. The maximum absolute atomic E-state index is 13.1. The van der Waals surface area contributed by atoms with Crippen LogP contribution in [0, 0.1) is 17.1 Å². The molecule has 1 aliphatic rings. The number of nitrogens with zero attached hydrogens (tertiary/aromatic N) is 2. The Morgan fingerprint density at radius 2 is 2.26 bits per heavy atom. The average molecular weight is 262 g/mol. The molecule has 102 valence electrons. The number of benzene rings is 1. The van der Waals surface area contributed by atoms with Gasteiger partial charge < -0.3 is 5.11 Å². The highest BCUT2D eigenvalue weighted by Gasteiger charge is 2.35. The standard InChI is InChI=1S/C15H19FN2O/c1-15(2,19)14-4-3-7-18(14)10-11-5-6-13(16)8-12(11)9-17/h5-6,8,14,19H,3-4,7,10H2,1-2H3.